The summed E-state index contributed by atoms with van der Waals surface area (Å²) in [5.74, 6) is 0. The van der Waals surface area contributed by atoms with E-state index in [9.17, 15) is 8.42 Å². The van der Waals surface area contributed by atoms with Crippen LogP contribution in [0.15, 0.2) is 27.1 Å². The van der Waals surface area contributed by atoms with Gasteiger partial charge < -0.3 is 5.32 Å². The van der Waals surface area contributed by atoms with Crippen LogP contribution in [-0.4, -0.2) is 38.9 Å². The number of anilines is 1. The molecule has 1 aliphatic rings. The predicted octanol–water partition coefficient (Wildman–Crippen LogP) is 1.77. The average Bonchev–Trinajstić information content (AvgIpc) is 2.34. The summed E-state index contributed by atoms with van der Waals surface area (Å²) in [6.45, 7) is 2.35. The first kappa shape index (κ1) is 14.3. The molecule has 18 heavy (non-hydrogen) atoms. The molecule has 5 nitrogen and oxygen atoms in total. The van der Waals surface area contributed by atoms with Gasteiger partial charge in [-0.15, -0.1) is 0 Å². The molecule has 0 unspecified atom stereocenters. The molecule has 0 saturated carbocycles. The zero-order valence-electron chi connectivity index (χ0n) is 9.49. The number of nitrogens with zero attached hydrogens (tertiary/aromatic N) is 1. The van der Waals surface area contributed by atoms with Crippen LogP contribution in [0.5, 0.6) is 0 Å². The van der Waals surface area contributed by atoms with Crippen molar-refractivity contribution < 1.29 is 8.42 Å². The Labute approximate surface area is 123 Å². The fraction of sp³-hybridized carbons (Fsp3) is 0.400. The molecule has 0 aliphatic carbocycles. The number of halogens is 2. The van der Waals surface area contributed by atoms with Crippen LogP contribution in [-0.2, 0) is 10.2 Å². The number of piperazine rings is 1. The lowest BCUT2D eigenvalue weighted by Crippen LogP contribution is -2.48. The normalized spacial score (nSPS) is 17.7. The van der Waals surface area contributed by atoms with Gasteiger partial charge in [0.05, 0.1) is 5.69 Å². The first-order valence-corrected chi connectivity index (χ1v) is 8.45. The van der Waals surface area contributed by atoms with Gasteiger partial charge in [-0.1, -0.05) is 15.9 Å². The van der Waals surface area contributed by atoms with Crippen molar-refractivity contribution in [3.05, 3.63) is 27.1 Å². The van der Waals surface area contributed by atoms with Gasteiger partial charge in [0.25, 0.3) is 0 Å². The Morgan fingerprint density at radius 3 is 2.50 bits per heavy atom. The smallest absolute Gasteiger partial charge is 0.301 e. The predicted molar refractivity (Wildman–Crippen MR) is 78.8 cm³/mol. The molecule has 8 heteroatoms. The van der Waals surface area contributed by atoms with Gasteiger partial charge in [-0.2, -0.15) is 12.7 Å². The molecule has 1 aromatic rings. The Morgan fingerprint density at radius 2 is 1.89 bits per heavy atom. The van der Waals surface area contributed by atoms with E-state index in [0.717, 1.165) is 4.47 Å². The van der Waals surface area contributed by atoms with Gasteiger partial charge in [-0.25, -0.2) is 0 Å². The standard InChI is InChI=1S/C10H13Br2N3O2S/c11-8-1-2-10(9(12)7-8)14-18(16,17)15-5-3-13-4-6-15/h1-2,7,13-14H,3-6H2. The van der Waals surface area contributed by atoms with Crippen molar-refractivity contribution in [1.82, 2.24) is 9.62 Å². The molecule has 1 fully saturated rings. The minimum absolute atomic E-state index is 0.490. The molecular formula is C10H13Br2N3O2S. The zero-order chi connectivity index (χ0) is 13.2. The van der Waals surface area contributed by atoms with Gasteiger partial charge in [-0.3, -0.25) is 4.72 Å². The summed E-state index contributed by atoms with van der Waals surface area (Å²) in [7, 11) is -3.47. The molecule has 2 N–H and O–H groups in total. The summed E-state index contributed by atoms with van der Waals surface area (Å²) >= 11 is 6.66. The van der Waals surface area contributed by atoms with Gasteiger partial charge in [0, 0.05) is 35.1 Å². The van der Waals surface area contributed by atoms with E-state index in [1.165, 1.54) is 4.31 Å². The van der Waals surface area contributed by atoms with Crippen LogP contribution in [0.4, 0.5) is 5.69 Å². The molecule has 1 heterocycles. The molecule has 0 amide bonds. The van der Waals surface area contributed by atoms with Gasteiger partial charge in [0.1, 0.15) is 0 Å². The quantitative estimate of drug-likeness (QED) is 0.815. The SMILES string of the molecule is O=S(=O)(Nc1ccc(Br)cc1Br)N1CCNCC1. The van der Waals surface area contributed by atoms with Gasteiger partial charge >= 0.3 is 10.2 Å². The van der Waals surface area contributed by atoms with Crippen LogP contribution in [0.25, 0.3) is 0 Å². The van der Waals surface area contributed by atoms with Crippen molar-refractivity contribution in [2.75, 3.05) is 30.9 Å². The first-order chi connectivity index (χ1) is 8.49. The summed E-state index contributed by atoms with van der Waals surface area (Å²) in [6.07, 6.45) is 0. The first-order valence-electron chi connectivity index (χ1n) is 5.43. The maximum Gasteiger partial charge on any atom is 0.301 e. The third-order valence-corrected chi connectivity index (χ3v) is 5.26. The minimum atomic E-state index is -3.47. The van der Waals surface area contributed by atoms with Crippen LogP contribution in [0.3, 0.4) is 0 Å². The van der Waals surface area contributed by atoms with E-state index in [1.807, 2.05) is 0 Å². The maximum atomic E-state index is 12.1. The van der Waals surface area contributed by atoms with Gasteiger partial charge in [0.2, 0.25) is 0 Å². The summed E-state index contributed by atoms with van der Waals surface area (Å²) in [5, 5.41) is 3.12. The van der Waals surface area contributed by atoms with E-state index in [2.05, 4.69) is 41.9 Å². The van der Waals surface area contributed by atoms with Crippen LogP contribution in [0.1, 0.15) is 0 Å². The Balaban J connectivity index is 2.16. The van der Waals surface area contributed by atoms with Crippen molar-refractivity contribution in [2.24, 2.45) is 0 Å². The van der Waals surface area contributed by atoms with E-state index in [4.69, 9.17) is 0 Å². The molecule has 1 aliphatic heterocycles. The van der Waals surface area contributed by atoms with Crippen molar-refractivity contribution in [2.45, 2.75) is 0 Å². The highest BCUT2D eigenvalue weighted by atomic mass is 79.9. The summed E-state index contributed by atoms with van der Waals surface area (Å²) in [6, 6.07) is 5.31. The molecule has 1 saturated heterocycles. The highest BCUT2D eigenvalue weighted by Crippen LogP contribution is 2.27. The Morgan fingerprint density at radius 1 is 1.22 bits per heavy atom. The van der Waals surface area contributed by atoms with E-state index in [0.29, 0.717) is 36.3 Å². The van der Waals surface area contributed by atoms with Crippen molar-refractivity contribution in [3.8, 4) is 0 Å². The molecule has 2 rings (SSSR count). The maximum absolute atomic E-state index is 12.1. The number of hydrogen-bond acceptors (Lipinski definition) is 3. The largest absolute Gasteiger partial charge is 0.314 e. The molecule has 0 bridgehead atoms. The number of hydrogen-bond donors (Lipinski definition) is 2. The lowest BCUT2D eigenvalue weighted by molar-refractivity contribution is 0.362. The second-order valence-electron chi connectivity index (χ2n) is 3.88. The summed E-state index contributed by atoms with van der Waals surface area (Å²) in [4.78, 5) is 0. The number of nitrogens with one attached hydrogen (secondary N) is 2. The molecule has 0 spiro atoms. The van der Waals surface area contributed by atoms with E-state index in [1.54, 1.807) is 18.2 Å². The lowest BCUT2D eigenvalue weighted by Gasteiger charge is -2.27. The fourth-order valence-electron chi connectivity index (χ4n) is 1.66. The minimum Gasteiger partial charge on any atom is -0.314 e. The Kier molecular flexibility index (Phi) is 4.65. The third kappa shape index (κ3) is 3.45. The Hall–Kier alpha value is -0.150. The van der Waals surface area contributed by atoms with Crippen molar-refractivity contribution in [1.29, 1.82) is 0 Å². The molecule has 0 aromatic heterocycles. The molecule has 100 valence electrons. The van der Waals surface area contributed by atoms with Crippen molar-refractivity contribution >= 4 is 47.8 Å². The lowest BCUT2D eigenvalue weighted by atomic mass is 10.3. The molecule has 0 radical (unpaired) electrons. The summed E-state index contributed by atoms with van der Waals surface area (Å²) in [5.41, 5.74) is 0.539. The van der Waals surface area contributed by atoms with Gasteiger partial charge in [-0.05, 0) is 34.1 Å². The molecule has 0 atom stereocenters. The van der Waals surface area contributed by atoms with Crippen LogP contribution in [0, 0.1) is 0 Å². The van der Waals surface area contributed by atoms with E-state index < -0.39 is 10.2 Å². The second kappa shape index (κ2) is 5.87. The highest BCUT2D eigenvalue weighted by molar-refractivity contribution is 9.11. The number of benzene rings is 1. The fourth-order valence-corrected chi connectivity index (χ4v) is 4.19. The van der Waals surface area contributed by atoms with Crippen molar-refractivity contribution in [3.63, 3.8) is 0 Å². The van der Waals surface area contributed by atoms with Crippen LogP contribution < -0.4 is 10.0 Å². The average molecular weight is 399 g/mol. The summed E-state index contributed by atoms with van der Waals surface area (Å²) < 4.78 is 29.9. The van der Waals surface area contributed by atoms with E-state index in [-0.39, 0.29) is 0 Å². The highest BCUT2D eigenvalue weighted by Gasteiger charge is 2.24. The Bertz CT molecular complexity index is 530. The topological polar surface area (TPSA) is 61.4 Å². The zero-order valence-corrected chi connectivity index (χ0v) is 13.5. The third-order valence-electron chi connectivity index (χ3n) is 2.59. The molecule has 1 aromatic carbocycles. The van der Waals surface area contributed by atoms with E-state index >= 15 is 0 Å². The van der Waals surface area contributed by atoms with Crippen LogP contribution >= 0.6 is 31.9 Å². The van der Waals surface area contributed by atoms with Gasteiger partial charge in [0.15, 0.2) is 0 Å². The molecular weight excluding hydrogens is 386 g/mol. The van der Waals surface area contributed by atoms with Crippen LogP contribution in [0.2, 0.25) is 0 Å². The second-order valence-corrected chi connectivity index (χ2v) is 7.32. The number of rotatable bonds is 3. The monoisotopic (exact) mass is 397 g/mol.